The van der Waals surface area contributed by atoms with Crippen LogP contribution in [0.4, 0.5) is 5.95 Å². The van der Waals surface area contributed by atoms with Crippen LogP contribution < -0.4 is 4.90 Å². The lowest BCUT2D eigenvalue weighted by molar-refractivity contribution is 0.0762. The second kappa shape index (κ2) is 7.28. The van der Waals surface area contributed by atoms with Crippen LogP contribution in [-0.4, -0.2) is 51.9 Å². The third-order valence-electron chi connectivity index (χ3n) is 4.07. The molecule has 0 aromatic carbocycles. The Morgan fingerprint density at radius 3 is 2.72 bits per heavy atom. The highest BCUT2D eigenvalue weighted by Gasteiger charge is 2.23. The predicted octanol–water partition coefficient (Wildman–Crippen LogP) is 3.01. The highest BCUT2D eigenvalue weighted by molar-refractivity contribution is 7.20. The summed E-state index contributed by atoms with van der Waals surface area (Å²) in [6.45, 7) is 2.97. The van der Waals surface area contributed by atoms with Crippen molar-refractivity contribution in [3.05, 3.63) is 47.0 Å². The van der Waals surface area contributed by atoms with Gasteiger partial charge in [-0.3, -0.25) is 4.79 Å². The maximum atomic E-state index is 12.8. The fraction of sp³-hybridized carbons (Fsp3) is 0.294. The molecule has 25 heavy (non-hydrogen) atoms. The number of carbonyl (C=O) groups excluding carboxylic acids is 1. The number of thiophene rings is 1. The molecule has 0 bridgehead atoms. The van der Waals surface area contributed by atoms with Gasteiger partial charge in [0.2, 0.25) is 5.95 Å². The molecule has 1 aliphatic heterocycles. The van der Waals surface area contributed by atoms with Crippen LogP contribution in [0.25, 0.3) is 9.88 Å². The van der Waals surface area contributed by atoms with E-state index in [1.54, 1.807) is 23.7 Å². The maximum Gasteiger partial charge on any atom is 0.273 e. The number of amides is 1. The molecule has 0 aliphatic carbocycles. The van der Waals surface area contributed by atoms with Gasteiger partial charge in [0.25, 0.3) is 5.91 Å². The Hall–Kier alpha value is -2.32. The zero-order valence-electron chi connectivity index (χ0n) is 13.5. The first-order chi connectivity index (χ1) is 12.3. The van der Waals surface area contributed by atoms with Gasteiger partial charge in [0.15, 0.2) is 0 Å². The summed E-state index contributed by atoms with van der Waals surface area (Å²) in [5, 5.41) is 4.79. The Kier molecular flexibility index (Phi) is 4.71. The van der Waals surface area contributed by atoms with Gasteiger partial charge in [-0.25, -0.2) is 15.0 Å². The average molecular weight is 371 g/mol. The molecule has 1 saturated heterocycles. The summed E-state index contributed by atoms with van der Waals surface area (Å²) >= 11 is 3.16. The molecule has 8 heteroatoms. The van der Waals surface area contributed by atoms with Crippen LogP contribution in [0.1, 0.15) is 16.9 Å². The molecule has 1 amide bonds. The number of hydrogen-bond acceptors (Lipinski definition) is 7. The largest absolute Gasteiger partial charge is 0.339 e. The van der Waals surface area contributed by atoms with Gasteiger partial charge in [0, 0.05) is 44.0 Å². The van der Waals surface area contributed by atoms with Gasteiger partial charge in [-0.2, -0.15) is 0 Å². The van der Waals surface area contributed by atoms with E-state index in [9.17, 15) is 4.79 Å². The minimum atomic E-state index is 0.00915. The smallest absolute Gasteiger partial charge is 0.273 e. The van der Waals surface area contributed by atoms with Gasteiger partial charge < -0.3 is 9.80 Å². The fourth-order valence-corrected chi connectivity index (χ4v) is 4.43. The molecule has 128 valence electrons. The number of aromatic nitrogens is 3. The summed E-state index contributed by atoms with van der Waals surface area (Å²) in [5.74, 6) is 0.736. The number of hydrogen-bond donors (Lipinski definition) is 0. The zero-order chi connectivity index (χ0) is 17.1. The van der Waals surface area contributed by atoms with Crippen molar-refractivity contribution >= 4 is 34.5 Å². The van der Waals surface area contributed by atoms with Crippen LogP contribution in [0.2, 0.25) is 0 Å². The van der Waals surface area contributed by atoms with Gasteiger partial charge in [0.05, 0.1) is 4.88 Å². The molecule has 6 nitrogen and oxygen atoms in total. The number of carbonyl (C=O) groups is 1. The normalized spacial score (nSPS) is 15.2. The van der Waals surface area contributed by atoms with Crippen molar-refractivity contribution in [2.24, 2.45) is 0 Å². The van der Waals surface area contributed by atoms with Crippen LogP contribution in [0.15, 0.2) is 41.4 Å². The topological polar surface area (TPSA) is 62.2 Å². The van der Waals surface area contributed by atoms with E-state index in [1.165, 1.54) is 11.3 Å². The van der Waals surface area contributed by atoms with Gasteiger partial charge >= 0.3 is 0 Å². The van der Waals surface area contributed by atoms with E-state index in [4.69, 9.17) is 0 Å². The predicted molar refractivity (Wildman–Crippen MR) is 100 cm³/mol. The van der Waals surface area contributed by atoms with Crippen LogP contribution in [0, 0.1) is 0 Å². The summed E-state index contributed by atoms with van der Waals surface area (Å²) in [5.41, 5.74) is 0.540. The monoisotopic (exact) mass is 371 g/mol. The minimum absolute atomic E-state index is 0.00915. The molecule has 0 unspecified atom stereocenters. The lowest BCUT2D eigenvalue weighted by atomic mass is 10.3. The van der Waals surface area contributed by atoms with Gasteiger partial charge in [0.1, 0.15) is 10.7 Å². The van der Waals surface area contributed by atoms with E-state index in [-0.39, 0.29) is 5.91 Å². The Balaban J connectivity index is 1.44. The second-order valence-electron chi connectivity index (χ2n) is 5.70. The minimum Gasteiger partial charge on any atom is -0.339 e. The Bertz CT molecular complexity index is 834. The third-order valence-corrected chi connectivity index (χ3v) is 5.95. The van der Waals surface area contributed by atoms with Crippen LogP contribution in [0.3, 0.4) is 0 Å². The van der Waals surface area contributed by atoms with E-state index < -0.39 is 0 Å². The zero-order valence-corrected chi connectivity index (χ0v) is 15.2. The number of thiazole rings is 1. The molecule has 0 spiro atoms. The van der Waals surface area contributed by atoms with Crippen LogP contribution in [-0.2, 0) is 0 Å². The van der Waals surface area contributed by atoms with E-state index in [0.29, 0.717) is 12.2 Å². The Labute approximate surface area is 153 Å². The first-order valence-electron chi connectivity index (χ1n) is 8.12. The lowest BCUT2D eigenvalue weighted by Gasteiger charge is -2.21. The van der Waals surface area contributed by atoms with E-state index in [1.807, 2.05) is 33.9 Å². The van der Waals surface area contributed by atoms with Gasteiger partial charge in [-0.1, -0.05) is 6.07 Å². The first kappa shape index (κ1) is 16.2. The Morgan fingerprint density at radius 2 is 1.92 bits per heavy atom. The lowest BCUT2D eigenvalue weighted by Crippen LogP contribution is -2.35. The molecule has 0 radical (unpaired) electrons. The molecule has 4 heterocycles. The quantitative estimate of drug-likeness (QED) is 0.708. The van der Waals surface area contributed by atoms with Crippen molar-refractivity contribution in [3.63, 3.8) is 0 Å². The van der Waals surface area contributed by atoms with Crippen LogP contribution >= 0.6 is 22.7 Å². The van der Waals surface area contributed by atoms with E-state index >= 15 is 0 Å². The highest BCUT2D eigenvalue weighted by atomic mass is 32.1. The molecule has 1 fully saturated rings. The second-order valence-corrected chi connectivity index (χ2v) is 7.50. The standard InChI is InChI=1S/C17H17N5OS2/c23-16(13-12-25-15(20-13)14-4-1-11-24-14)21-7-3-8-22(10-9-21)17-18-5-2-6-19-17/h1-2,4-6,11-12H,3,7-10H2. The summed E-state index contributed by atoms with van der Waals surface area (Å²) < 4.78 is 0. The molecule has 3 aromatic rings. The van der Waals surface area contributed by atoms with Crippen molar-refractivity contribution in [1.29, 1.82) is 0 Å². The molecule has 4 rings (SSSR count). The van der Waals surface area contributed by atoms with Crippen molar-refractivity contribution < 1.29 is 4.79 Å². The number of nitrogens with zero attached hydrogens (tertiary/aromatic N) is 5. The van der Waals surface area contributed by atoms with Gasteiger partial charge in [-0.15, -0.1) is 22.7 Å². The SMILES string of the molecule is O=C(c1csc(-c2cccs2)n1)N1CCCN(c2ncccn2)CC1. The molecule has 1 aliphatic rings. The molecular weight excluding hydrogens is 354 g/mol. The number of anilines is 1. The third kappa shape index (κ3) is 3.54. The number of rotatable bonds is 3. The van der Waals surface area contributed by atoms with Crippen molar-refractivity contribution in [1.82, 2.24) is 19.9 Å². The first-order valence-corrected chi connectivity index (χ1v) is 9.88. The van der Waals surface area contributed by atoms with E-state index in [0.717, 1.165) is 41.9 Å². The molecular formula is C17H17N5OS2. The van der Waals surface area contributed by atoms with Crippen molar-refractivity contribution in [2.75, 3.05) is 31.1 Å². The summed E-state index contributed by atoms with van der Waals surface area (Å²) in [6, 6.07) is 5.84. The maximum absolute atomic E-state index is 12.8. The Morgan fingerprint density at radius 1 is 1.04 bits per heavy atom. The molecule has 3 aromatic heterocycles. The van der Waals surface area contributed by atoms with E-state index in [2.05, 4.69) is 19.9 Å². The van der Waals surface area contributed by atoms with Crippen molar-refractivity contribution in [2.45, 2.75) is 6.42 Å². The molecule has 0 N–H and O–H groups in total. The highest BCUT2D eigenvalue weighted by Crippen LogP contribution is 2.28. The summed E-state index contributed by atoms with van der Waals surface area (Å²) in [7, 11) is 0. The van der Waals surface area contributed by atoms with Crippen LogP contribution in [0.5, 0.6) is 0 Å². The fourth-order valence-electron chi connectivity index (χ4n) is 2.82. The molecule has 0 atom stereocenters. The van der Waals surface area contributed by atoms with Crippen molar-refractivity contribution in [3.8, 4) is 9.88 Å². The summed E-state index contributed by atoms with van der Waals surface area (Å²) in [6.07, 6.45) is 4.39. The average Bonchev–Trinajstić information content (AvgIpc) is 3.29. The van der Waals surface area contributed by atoms with Gasteiger partial charge in [-0.05, 0) is 23.9 Å². The molecule has 0 saturated carbocycles. The summed E-state index contributed by atoms with van der Waals surface area (Å²) in [4.78, 5) is 31.1.